The lowest BCUT2D eigenvalue weighted by Gasteiger charge is -2.17. The van der Waals surface area contributed by atoms with E-state index in [9.17, 15) is 14.7 Å². The minimum absolute atomic E-state index is 0.0789. The van der Waals surface area contributed by atoms with Gasteiger partial charge in [-0.3, -0.25) is 9.59 Å². The van der Waals surface area contributed by atoms with Crippen molar-refractivity contribution in [1.82, 2.24) is 0 Å². The van der Waals surface area contributed by atoms with Crippen molar-refractivity contribution in [3.8, 4) is 0 Å². The Morgan fingerprint density at radius 2 is 1.98 bits per heavy atom. The molecule has 0 radical (unpaired) electrons. The zero-order valence-electron chi connectivity index (χ0n) is 25.8. The Kier molecular flexibility index (Phi) is 15.2. The molecule has 0 saturated heterocycles. The van der Waals surface area contributed by atoms with Crippen LogP contribution in [0.25, 0.3) is 0 Å². The number of aliphatic hydroxyl groups is 1. The lowest BCUT2D eigenvalue weighted by atomic mass is 9.90. The normalized spacial score (nSPS) is 18.7. The maximum absolute atomic E-state index is 13.4. The molecule has 1 aliphatic rings. The summed E-state index contributed by atoms with van der Waals surface area (Å²) in [6.07, 6.45) is 17.3. The summed E-state index contributed by atoms with van der Waals surface area (Å²) in [4.78, 5) is 25.7. The minimum atomic E-state index is -0.585. The second-order valence-corrected chi connectivity index (χ2v) is 12.4. The number of thiophene rings is 1. The monoisotopic (exact) mass is 618 g/mol. The molecule has 0 aromatic carbocycles. The number of allylic oxidation sites excluding steroid dienone is 13. The van der Waals surface area contributed by atoms with Crippen molar-refractivity contribution in [2.45, 2.75) is 65.9 Å². The highest BCUT2D eigenvalue weighted by atomic mass is 35.5. The maximum atomic E-state index is 13.4. The summed E-state index contributed by atoms with van der Waals surface area (Å²) >= 11 is 7.46. The topological polar surface area (TPSA) is 63.6 Å². The molecule has 6 heteroatoms. The van der Waals surface area contributed by atoms with Gasteiger partial charge in [-0.1, -0.05) is 85.9 Å². The Labute approximate surface area is 266 Å². The number of ketones is 2. The number of hydrogen-bond acceptors (Lipinski definition) is 5. The van der Waals surface area contributed by atoms with Gasteiger partial charge in [0, 0.05) is 17.7 Å². The fraction of sp³-hybridized carbons (Fsp3) is 0.324. The molecule has 1 unspecified atom stereocenters. The fourth-order valence-corrected chi connectivity index (χ4v) is 5.62. The fourth-order valence-electron chi connectivity index (χ4n) is 4.53. The van der Waals surface area contributed by atoms with E-state index in [2.05, 4.69) is 44.5 Å². The second kappa shape index (κ2) is 18.3. The molecule has 2 atom stereocenters. The highest BCUT2D eigenvalue weighted by molar-refractivity contribution is 7.16. The van der Waals surface area contributed by atoms with Gasteiger partial charge in [0.25, 0.3) is 0 Å². The van der Waals surface area contributed by atoms with Crippen LogP contribution in [0.5, 0.6) is 0 Å². The van der Waals surface area contributed by atoms with Crippen molar-refractivity contribution in [2.75, 3.05) is 6.61 Å². The first kappa shape index (κ1) is 35.7. The van der Waals surface area contributed by atoms with Crippen LogP contribution >= 0.6 is 22.9 Å². The van der Waals surface area contributed by atoms with Crippen molar-refractivity contribution < 1.29 is 19.4 Å². The highest BCUT2D eigenvalue weighted by Crippen LogP contribution is 2.32. The molecule has 0 amide bonds. The molecule has 1 aliphatic carbocycles. The molecule has 4 nitrogen and oxygen atoms in total. The molecule has 1 heterocycles. The largest absolute Gasteiger partial charge is 0.489 e. The Balaban J connectivity index is 2.30. The molecule has 0 spiro atoms. The Morgan fingerprint density at radius 1 is 1.23 bits per heavy atom. The molecule has 0 bridgehead atoms. The van der Waals surface area contributed by atoms with E-state index in [1.165, 1.54) is 23.8 Å². The molecule has 0 fully saturated rings. The van der Waals surface area contributed by atoms with Gasteiger partial charge in [-0.15, -0.1) is 17.1 Å². The van der Waals surface area contributed by atoms with Gasteiger partial charge in [0.1, 0.15) is 12.4 Å². The highest BCUT2D eigenvalue weighted by Gasteiger charge is 2.20. The van der Waals surface area contributed by atoms with E-state index in [0.29, 0.717) is 46.9 Å². The van der Waals surface area contributed by atoms with Crippen LogP contribution in [-0.2, 0) is 14.3 Å². The average Bonchev–Trinajstić information content (AvgIpc) is 3.40. The zero-order valence-corrected chi connectivity index (χ0v) is 27.3. The molecular formula is C37H43ClO4S. The molecule has 1 N–H and O–H groups in total. The van der Waals surface area contributed by atoms with E-state index in [-0.39, 0.29) is 30.5 Å². The van der Waals surface area contributed by atoms with Gasteiger partial charge in [-0.25, -0.2) is 0 Å². The number of carbonyl (C=O) groups excluding carboxylic acids is 2. The summed E-state index contributed by atoms with van der Waals surface area (Å²) in [6, 6.07) is 3.68. The summed E-state index contributed by atoms with van der Waals surface area (Å²) in [5.41, 5.74) is 8.19. The van der Waals surface area contributed by atoms with Crippen LogP contribution in [-0.4, -0.2) is 23.3 Å². The number of ether oxygens (including phenoxy) is 1. The minimum Gasteiger partial charge on any atom is -0.489 e. The van der Waals surface area contributed by atoms with Crippen LogP contribution in [0.4, 0.5) is 0 Å². The molecule has 1 aromatic heterocycles. The quantitative estimate of drug-likeness (QED) is 0.157. The predicted octanol–water partition coefficient (Wildman–Crippen LogP) is 9.85. The standard InChI is InChI=1S/C37H43ClO4S/c1-8-9-10-14-30(18-19-32(40)35-20-21-36(38)43-35)27(6)22-31(25(2)3)17-16-29-13-11-12-15-34(42-24-28(7)39)37(26(4)5)33(41)23-29/h8-10,12-14,16,20-22,27,32,40H,1-2,4,15,17-19,23-24H2,3,5-7H3/b10-9+,29-16+,30-14-,31-22-,37-34+/t11?,27?,32-/m0/s1. The third-order valence-corrected chi connectivity index (χ3v) is 8.16. The summed E-state index contributed by atoms with van der Waals surface area (Å²) in [5, 5.41) is 10.7. The van der Waals surface area contributed by atoms with Crippen LogP contribution < -0.4 is 0 Å². The van der Waals surface area contributed by atoms with Crippen LogP contribution in [0.3, 0.4) is 0 Å². The van der Waals surface area contributed by atoms with Crippen LogP contribution in [0.15, 0.2) is 125 Å². The second-order valence-electron chi connectivity index (χ2n) is 10.7. The van der Waals surface area contributed by atoms with E-state index in [1.54, 1.807) is 25.1 Å². The summed E-state index contributed by atoms with van der Waals surface area (Å²) in [5.74, 6) is 0.302. The molecule has 1 aromatic rings. The van der Waals surface area contributed by atoms with E-state index in [4.69, 9.17) is 16.3 Å². The van der Waals surface area contributed by atoms with Crippen LogP contribution in [0, 0.1) is 5.92 Å². The molecule has 0 aliphatic heterocycles. The smallest absolute Gasteiger partial charge is 0.170 e. The van der Waals surface area contributed by atoms with Crippen molar-refractivity contribution in [2.24, 2.45) is 5.92 Å². The van der Waals surface area contributed by atoms with Gasteiger partial charge in [0.05, 0.1) is 16.0 Å². The van der Waals surface area contributed by atoms with E-state index >= 15 is 0 Å². The maximum Gasteiger partial charge on any atom is 0.170 e. The molecule has 0 saturated carbocycles. The van der Waals surface area contributed by atoms with Crippen molar-refractivity contribution in [1.29, 1.82) is 0 Å². The van der Waals surface area contributed by atoms with Crippen LogP contribution in [0.2, 0.25) is 4.34 Å². The number of halogens is 1. The van der Waals surface area contributed by atoms with Crippen LogP contribution in [0.1, 0.15) is 70.8 Å². The van der Waals surface area contributed by atoms with Gasteiger partial charge in [-0.2, -0.15) is 0 Å². The summed E-state index contributed by atoms with van der Waals surface area (Å²) in [7, 11) is 0. The van der Waals surface area contributed by atoms with E-state index in [0.717, 1.165) is 21.6 Å². The SMILES string of the molecule is C=C/C=C/C=C(/CC[C@H](O)c1ccc(Cl)s1)C(C)/C=C(/C/C=C1\C=C=CC/C(OCC(C)=O)=C(/C(=C)C)C(=O)C1)C(=C)C. The molecule has 228 valence electrons. The number of aliphatic hydroxyl groups excluding tert-OH is 1. The van der Waals surface area contributed by atoms with Gasteiger partial charge in [0.15, 0.2) is 11.6 Å². The zero-order chi connectivity index (χ0) is 31.9. The van der Waals surface area contributed by atoms with Gasteiger partial charge in [0.2, 0.25) is 0 Å². The molecule has 2 rings (SSSR count). The van der Waals surface area contributed by atoms with Gasteiger partial charge in [-0.05, 0) is 87.0 Å². The summed E-state index contributed by atoms with van der Waals surface area (Å²) < 4.78 is 6.36. The average molecular weight is 619 g/mol. The first-order valence-electron chi connectivity index (χ1n) is 14.3. The third-order valence-electron chi connectivity index (χ3n) is 6.83. The number of carbonyl (C=O) groups is 2. The Hall–Kier alpha value is -3.47. The van der Waals surface area contributed by atoms with Crippen molar-refractivity contribution >= 4 is 34.5 Å². The van der Waals surface area contributed by atoms with E-state index < -0.39 is 6.10 Å². The third kappa shape index (κ3) is 12.3. The Morgan fingerprint density at radius 3 is 2.58 bits per heavy atom. The lowest BCUT2D eigenvalue weighted by Crippen LogP contribution is -2.12. The van der Waals surface area contributed by atoms with E-state index in [1.807, 2.05) is 37.3 Å². The number of rotatable bonds is 15. The number of hydrogen-bond donors (Lipinski definition) is 1. The van der Waals surface area contributed by atoms with Crippen molar-refractivity contribution in [3.63, 3.8) is 0 Å². The Bertz CT molecular complexity index is 1440. The molecule has 43 heavy (non-hydrogen) atoms. The first-order chi connectivity index (χ1) is 20.4. The lowest BCUT2D eigenvalue weighted by molar-refractivity contribution is -0.120. The van der Waals surface area contributed by atoms with Crippen molar-refractivity contribution in [3.05, 3.63) is 135 Å². The number of Topliss-reactive ketones (excluding diaryl/α,β-unsaturated/α-hetero) is 2. The first-order valence-corrected chi connectivity index (χ1v) is 15.5. The predicted molar refractivity (Wildman–Crippen MR) is 181 cm³/mol. The molecular weight excluding hydrogens is 576 g/mol. The van der Waals surface area contributed by atoms with Gasteiger partial charge >= 0.3 is 0 Å². The summed E-state index contributed by atoms with van der Waals surface area (Å²) in [6.45, 7) is 19.2. The van der Waals surface area contributed by atoms with Gasteiger partial charge < -0.3 is 9.84 Å².